The molecule has 0 bridgehead atoms. The number of amides is 1. The number of primary amides is 1. The van der Waals surface area contributed by atoms with Crippen LogP contribution >= 0.6 is 11.3 Å². The number of hydrogen-bond acceptors (Lipinski definition) is 3. The van der Waals surface area contributed by atoms with Gasteiger partial charge in [-0.05, 0) is 30.4 Å². The van der Waals surface area contributed by atoms with Gasteiger partial charge >= 0.3 is 0 Å². The summed E-state index contributed by atoms with van der Waals surface area (Å²) in [6.45, 7) is 0. The van der Waals surface area contributed by atoms with Crippen LogP contribution < -0.4 is 5.73 Å². The van der Waals surface area contributed by atoms with Gasteiger partial charge in [0, 0.05) is 11.3 Å². The van der Waals surface area contributed by atoms with Crippen LogP contribution in [0.15, 0.2) is 29.6 Å². The van der Waals surface area contributed by atoms with Gasteiger partial charge in [0.25, 0.3) is 5.91 Å². The smallest absolute Gasteiger partial charge is 0.268 e. The minimum Gasteiger partial charge on any atom is -0.364 e. The summed E-state index contributed by atoms with van der Waals surface area (Å²) < 4.78 is 0. The fourth-order valence-electron chi connectivity index (χ4n) is 2.57. The van der Waals surface area contributed by atoms with Gasteiger partial charge in [-0.15, -0.1) is 11.3 Å². The largest absolute Gasteiger partial charge is 0.364 e. The molecule has 0 aliphatic heterocycles. The average molecular weight is 258 g/mol. The highest BCUT2D eigenvalue weighted by Crippen LogP contribution is 2.37. The molecule has 1 aromatic carbocycles. The Bertz CT molecular complexity index is 591. The predicted octanol–water partition coefficient (Wildman–Crippen LogP) is 2.71. The molecule has 0 fully saturated rings. The maximum Gasteiger partial charge on any atom is 0.268 e. The normalized spacial score (nSPS) is 18.3. The van der Waals surface area contributed by atoms with E-state index in [0.29, 0.717) is 11.6 Å². The molecular formula is C14H14N2OS. The van der Waals surface area contributed by atoms with Crippen LogP contribution in [0.5, 0.6) is 0 Å². The highest BCUT2D eigenvalue weighted by atomic mass is 32.1. The summed E-state index contributed by atoms with van der Waals surface area (Å²) in [5.41, 5.74) is 8.41. The van der Waals surface area contributed by atoms with Crippen LogP contribution in [0.3, 0.4) is 0 Å². The van der Waals surface area contributed by atoms with Crippen LogP contribution in [-0.2, 0) is 6.42 Å². The summed E-state index contributed by atoms with van der Waals surface area (Å²) in [4.78, 5) is 15.5. The molecule has 2 aromatic rings. The number of thiazole rings is 1. The second-order valence-corrected chi connectivity index (χ2v) is 5.47. The first-order chi connectivity index (χ1) is 8.75. The number of aromatic nitrogens is 1. The zero-order valence-electron chi connectivity index (χ0n) is 9.93. The van der Waals surface area contributed by atoms with E-state index < -0.39 is 5.91 Å². The Morgan fingerprint density at radius 2 is 2.22 bits per heavy atom. The summed E-state index contributed by atoms with van der Waals surface area (Å²) in [7, 11) is 0. The molecule has 3 rings (SSSR count). The number of carbonyl (C=O) groups is 1. The number of nitrogens with zero attached hydrogens (tertiary/aromatic N) is 1. The molecule has 18 heavy (non-hydrogen) atoms. The van der Waals surface area contributed by atoms with Crippen LogP contribution in [-0.4, -0.2) is 10.9 Å². The second-order valence-electron chi connectivity index (χ2n) is 4.58. The summed E-state index contributed by atoms with van der Waals surface area (Å²) in [6, 6.07) is 8.51. The first kappa shape index (κ1) is 11.4. The Morgan fingerprint density at radius 3 is 3.00 bits per heavy atom. The lowest BCUT2D eigenvalue weighted by Gasteiger charge is -2.23. The Balaban J connectivity index is 2.00. The van der Waals surface area contributed by atoms with Gasteiger partial charge < -0.3 is 5.73 Å². The quantitative estimate of drug-likeness (QED) is 0.900. The monoisotopic (exact) mass is 258 g/mol. The zero-order valence-corrected chi connectivity index (χ0v) is 10.7. The molecular weight excluding hydrogens is 244 g/mol. The number of nitrogens with two attached hydrogens (primary N) is 1. The molecule has 0 saturated heterocycles. The van der Waals surface area contributed by atoms with Crippen LogP contribution in [0.1, 0.15) is 45.4 Å². The first-order valence-electron chi connectivity index (χ1n) is 6.09. The summed E-state index contributed by atoms with van der Waals surface area (Å²) in [5, 5.41) is 2.77. The third-order valence-corrected chi connectivity index (χ3v) is 4.40. The summed E-state index contributed by atoms with van der Waals surface area (Å²) in [5.74, 6) is -0.116. The first-order valence-corrected chi connectivity index (χ1v) is 6.96. The van der Waals surface area contributed by atoms with Crippen LogP contribution in [0, 0.1) is 0 Å². The van der Waals surface area contributed by atoms with E-state index in [1.54, 1.807) is 5.38 Å². The van der Waals surface area contributed by atoms with Gasteiger partial charge in [0.15, 0.2) is 0 Å². The number of fused-ring (bicyclic) bond motifs is 1. The topological polar surface area (TPSA) is 56.0 Å². The van der Waals surface area contributed by atoms with E-state index in [1.165, 1.54) is 28.9 Å². The van der Waals surface area contributed by atoms with Crippen LogP contribution in [0.2, 0.25) is 0 Å². The Labute approximate surface area is 110 Å². The Morgan fingerprint density at radius 1 is 1.39 bits per heavy atom. The lowest BCUT2D eigenvalue weighted by molar-refractivity contribution is 0.0996. The molecule has 3 nitrogen and oxygen atoms in total. The highest BCUT2D eigenvalue weighted by Gasteiger charge is 2.24. The van der Waals surface area contributed by atoms with Crippen molar-refractivity contribution in [1.29, 1.82) is 0 Å². The highest BCUT2D eigenvalue weighted by molar-refractivity contribution is 7.10. The van der Waals surface area contributed by atoms with Gasteiger partial charge in [0.2, 0.25) is 0 Å². The van der Waals surface area contributed by atoms with Gasteiger partial charge in [0.1, 0.15) is 10.7 Å². The Kier molecular flexibility index (Phi) is 2.88. The van der Waals surface area contributed by atoms with Gasteiger partial charge in [-0.2, -0.15) is 0 Å². The molecule has 0 radical (unpaired) electrons. The molecule has 4 heteroatoms. The van der Waals surface area contributed by atoms with Crippen molar-refractivity contribution in [3.8, 4) is 0 Å². The van der Waals surface area contributed by atoms with Crippen molar-refractivity contribution in [3.63, 3.8) is 0 Å². The average Bonchev–Trinajstić information content (AvgIpc) is 2.87. The lowest BCUT2D eigenvalue weighted by Crippen LogP contribution is -2.13. The molecule has 1 amide bonds. The molecule has 1 aliphatic carbocycles. The molecule has 0 spiro atoms. The minimum absolute atomic E-state index is 0.327. The molecule has 1 aromatic heterocycles. The second kappa shape index (κ2) is 4.53. The molecule has 2 N–H and O–H groups in total. The number of benzene rings is 1. The number of aryl methyl sites for hydroxylation is 1. The van der Waals surface area contributed by atoms with E-state index in [4.69, 9.17) is 5.73 Å². The van der Waals surface area contributed by atoms with Gasteiger partial charge in [0.05, 0.1) is 0 Å². The van der Waals surface area contributed by atoms with Crippen molar-refractivity contribution in [2.45, 2.75) is 25.2 Å². The standard InChI is InChI=1S/C14H14N2OS/c15-13(17)12-8-18-14(16-12)11-7-3-5-9-4-1-2-6-10(9)11/h1-2,4,6,8,11H,3,5,7H2,(H2,15,17). The van der Waals surface area contributed by atoms with Gasteiger partial charge in [-0.25, -0.2) is 4.98 Å². The fourth-order valence-corrected chi connectivity index (χ4v) is 3.53. The van der Waals surface area contributed by atoms with Gasteiger partial charge in [-0.3, -0.25) is 4.79 Å². The maximum atomic E-state index is 11.1. The van der Waals surface area contributed by atoms with Crippen molar-refractivity contribution in [2.75, 3.05) is 0 Å². The minimum atomic E-state index is -0.443. The predicted molar refractivity (Wildman–Crippen MR) is 71.9 cm³/mol. The zero-order chi connectivity index (χ0) is 12.5. The molecule has 1 unspecified atom stereocenters. The van der Waals surface area contributed by atoms with Gasteiger partial charge in [-0.1, -0.05) is 24.3 Å². The van der Waals surface area contributed by atoms with Crippen molar-refractivity contribution < 1.29 is 4.79 Å². The molecule has 1 heterocycles. The van der Waals surface area contributed by atoms with E-state index in [9.17, 15) is 4.79 Å². The molecule has 92 valence electrons. The van der Waals surface area contributed by atoms with Crippen LogP contribution in [0.25, 0.3) is 0 Å². The van der Waals surface area contributed by atoms with E-state index in [-0.39, 0.29) is 0 Å². The molecule has 0 saturated carbocycles. The van der Waals surface area contributed by atoms with E-state index >= 15 is 0 Å². The van der Waals surface area contributed by atoms with Crippen molar-refractivity contribution >= 4 is 17.2 Å². The van der Waals surface area contributed by atoms with Crippen LogP contribution in [0.4, 0.5) is 0 Å². The number of rotatable bonds is 2. The number of carbonyl (C=O) groups excluding carboxylic acids is 1. The molecule has 1 atom stereocenters. The maximum absolute atomic E-state index is 11.1. The SMILES string of the molecule is NC(=O)c1csc(C2CCCc3ccccc32)n1. The van der Waals surface area contributed by atoms with E-state index in [0.717, 1.165) is 17.8 Å². The summed E-state index contributed by atoms with van der Waals surface area (Å²) >= 11 is 1.54. The Hall–Kier alpha value is -1.68. The lowest BCUT2D eigenvalue weighted by atomic mass is 9.83. The van der Waals surface area contributed by atoms with Crippen molar-refractivity contribution in [2.24, 2.45) is 5.73 Å². The fraction of sp³-hybridized carbons (Fsp3) is 0.286. The van der Waals surface area contributed by atoms with Crippen molar-refractivity contribution in [3.05, 3.63) is 51.5 Å². The summed E-state index contributed by atoms with van der Waals surface area (Å²) in [6.07, 6.45) is 3.41. The van der Waals surface area contributed by atoms with E-state index in [1.807, 2.05) is 0 Å². The van der Waals surface area contributed by atoms with E-state index in [2.05, 4.69) is 29.2 Å². The number of hydrogen-bond donors (Lipinski definition) is 1. The third-order valence-electron chi connectivity index (χ3n) is 3.44. The van der Waals surface area contributed by atoms with Crippen molar-refractivity contribution in [1.82, 2.24) is 4.98 Å². The molecule has 1 aliphatic rings. The third kappa shape index (κ3) is 1.93.